The van der Waals surface area contributed by atoms with Gasteiger partial charge in [0.25, 0.3) is 0 Å². The number of likely N-dealkylation sites (N-methyl/N-ethyl adjacent to an activating group) is 1. The Hall–Kier alpha value is -2.14. The zero-order valence-corrected chi connectivity index (χ0v) is 12.5. The van der Waals surface area contributed by atoms with Crippen LogP contribution in [0.15, 0.2) is 30.5 Å². The van der Waals surface area contributed by atoms with E-state index in [0.29, 0.717) is 17.7 Å². The lowest BCUT2D eigenvalue weighted by Crippen LogP contribution is -2.32. The Kier molecular flexibility index (Phi) is 3.75. The van der Waals surface area contributed by atoms with Gasteiger partial charge in [0, 0.05) is 5.92 Å². The number of fused-ring (bicyclic) bond motifs is 1. The summed E-state index contributed by atoms with van der Waals surface area (Å²) >= 11 is 0. The van der Waals surface area contributed by atoms with E-state index >= 15 is 0 Å². The Labute approximate surface area is 124 Å². The molecule has 2 atom stereocenters. The minimum absolute atomic E-state index is 0.0771. The molecule has 0 fully saturated rings. The number of methoxy groups -OCH3 is 2. The van der Waals surface area contributed by atoms with Crippen molar-refractivity contribution in [3.05, 3.63) is 47.3 Å². The maximum Gasteiger partial charge on any atom is 0.240 e. The van der Waals surface area contributed by atoms with Crippen LogP contribution in [-0.2, 0) is 6.42 Å². The van der Waals surface area contributed by atoms with Crippen LogP contribution in [-0.4, -0.2) is 31.2 Å². The van der Waals surface area contributed by atoms with Crippen LogP contribution >= 0.6 is 0 Å². The quantitative estimate of drug-likeness (QED) is 0.911. The predicted molar refractivity (Wildman–Crippen MR) is 79.8 cm³/mol. The highest BCUT2D eigenvalue weighted by Crippen LogP contribution is 2.44. The lowest BCUT2D eigenvalue weighted by molar-refractivity contribution is 0.340. The molecular formula is C16H19N3O2. The number of nitrogens with one attached hydrogen (secondary N) is 1. The van der Waals surface area contributed by atoms with Crippen molar-refractivity contribution in [2.75, 3.05) is 21.3 Å². The van der Waals surface area contributed by atoms with Crippen LogP contribution in [0.4, 0.5) is 0 Å². The molecule has 2 aromatic rings. The lowest BCUT2D eigenvalue weighted by atomic mass is 9.72. The van der Waals surface area contributed by atoms with E-state index in [2.05, 4.69) is 39.6 Å². The lowest BCUT2D eigenvalue weighted by Gasteiger charge is -2.36. The highest BCUT2D eigenvalue weighted by Gasteiger charge is 2.35. The molecule has 3 rings (SSSR count). The number of hydrogen-bond acceptors (Lipinski definition) is 5. The highest BCUT2D eigenvalue weighted by atomic mass is 16.5. The second-order valence-corrected chi connectivity index (χ2v) is 5.08. The number of aromatic nitrogens is 2. The van der Waals surface area contributed by atoms with Crippen LogP contribution in [0.25, 0.3) is 0 Å². The summed E-state index contributed by atoms with van der Waals surface area (Å²) in [4.78, 5) is 8.82. The van der Waals surface area contributed by atoms with Crippen molar-refractivity contribution < 1.29 is 9.47 Å². The van der Waals surface area contributed by atoms with Crippen LogP contribution < -0.4 is 14.8 Å². The van der Waals surface area contributed by atoms with E-state index in [1.54, 1.807) is 20.4 Å². The van der Waals surface area contributed by atoms with E-state index in [1.807, 2.05) is 7.05 Å². The zero-order valence-electron chi connectivity index (χ0n) is 12.5. The molecule has 1 aromatic carbocycles. The summed E-state index contributed by atoms with van der Waals surface area (Å²) in [6, 6.07) is 8.59. The Bertz CT molecular complexity index is 645. The highest BCUT2D eigenvalue weighted by molar-refractivity contribution is 5.43. The van der Waals surface area contributed by atoms with Gasteiger partial charge in [-0.05, 0) is 24.6 Å². The first-order chi connectivity index (χ1) is 10.3. The van der Waals surface area contributed by atoms with E-state index in [4.69, 9.17) is 9.47 Å². The van der Waals surface area contributed by atoms with E-state index in [-0.39, 0.29) is 6.04 Å². The molecule has 1 aromatic heterocycles. The van der Waals surface area contributed by atoms with Crippen LogP contribution in [0.1, 0.15) is 28.8 Å². The van der Waals surface area contributed by atoms with Crippen molar-refractivity contribution in [2.45, 2.75) is 18.4 Å². The maximum absolute atomic E-state index is 5.38. The van der Waals surface area contributed by atoms with Crippen molar-refractivity contribution in [1.29, 1.82) is 0 Å². The van der Waals surface area contributed by atoms with Crippen molar-refractivity contribution in [3.63, 3.8) is 0 Å². The summed E-state index contributed by atoms with van der Waals surface area (Å²) in [6.07, 6.45) is 2.67. The fourth-order valence-corrected chi connectivity index (χ4v) is 2.95. The van der Waals surface area contributed by atoms with Crippen molar-refractivity contribution in [3.8, 4) is 11.8 Å². The number of ether oxygens (including phenoxy) is 2. The van der Waals surface area contributed by atoms with Gasteiger partial charge in [-0.3, -0.25) is 0 Å². The normalized spacial score (nSPS) is 17.6. The molecule has 21 heavy (non-hydrogen) atoms. The van der Waals surface area contributed by atoms with Gasteiger partial charge in [0.1, 0.15) is 5.69 Å². The summed E-state index contributed by atoms with van der Waals surface area (Å²) in [7, 11) is 5.12. The van der Waals surface area contributed by atoms with Gasteiger partial charge in [0.15, 0.2) is 0 Å². The largest absolute Gasteiger partial charge is 0.480 e. The summed E-state index contributed by atoms with van der Waals surface area (Å²) in [5, 5.41) is 3.35. The van der Waals surface area contributed by atoms with Gasteiger partial charge in [-0.1, -0.05) is 24.3 Å². The molecule has 0 radical (unpaired) electrons. The van der Waals surface area contributed by atoms with E-state index < -0.39 is 0 Å². The van der Waals surface area contributed by atoms with Gasteiger partial charge in [0.2, 0.25) is 11.8 Å². The second kappa shape index (κ2) is 5.69. The van der Waals surface area contributed by atoms with Gasteiger partial charge >= 0.3 is 0 Å². The van der Waals surface area contributed by atoms with E-state index in [0.717, 1.165) is 12.1 Å². The SMILES string of the molecule is CNC(c1ncc(OC)nc1OC)C1Cc2ccccc21. The molecule has 110 valence electrons. The molecule has 0 saturated heterocycles. The fraction of sp³-hybridized carbons (Fsp3) is 0.375. The predicted octanol–water partition coefficient (Wildman–Crippen LogP) is 2.09. The molecule has 1 N–H and O–H groups in total. The number of benzene rings is 1. The molecule has 0 saturated carbocycles. The summed E-state index contributed by atoms with van der Waals surface area (Å²) < 4.78 is 10.5. The van der Waals surface area contributed by atoms with Crippen LogP contribution in [0.5, 0.6) is 11.8 Å². The third kappa shape index (κ3) is 2.34. The van der Waals surface area contributed by atoms with Crippen LogP contribution in [0.3, 0.4) is 0 Å². The van der Waals surface area contributed by atoms with Gasteiger partial charge in [-0.2, -0.15) is 4.98 Å². The first kappa shape index (κ1) is 13.8. The topological polar surface area (TPSA) is 56.3 Å². The first-order valence-electron chi connectivity index (χ1n) is 6.98. The molecule has 5 heteroatoms. The molecule has 2 unspecified atom stereocenters. The zero-order chi connectivity index (χ0) is 14.8. The van der Waals surface area contributed by atoms with Crippen LogP contribution in [0, 0.1) is 0 Å². The Balaban J connectivity index is 1.95. The molecule has 5 nitrogen and oxygen atoms in total. The molecule has 1 heterocycles. The fourth-order valence-electron chi connectivity index (χ4n) is 2.95. The Morgan fingerprint density at radius 1 is 1.24 bits per heavy atom. The summed E-state index contributed by atoms with van der Waals surface area (Å²) in [6.45, 7) is 0. The molecule has 0 spiro atoms. The monoisotopic (exact) mass is 285 g/mol. The van der Waals surface area contributed by atoms with Gasteiger partial charge in [-0.25, -0.2) is 4.98 Å². The van der Waals surface area contributed by atoms with Crippen molar-refractivity contribution in [1.82, 2.24) is 15.3 Å². The van der Waals surface area contributed by atoms with Gasteiger partial charge in [0.05, 0.1) is 26.5 Å². The number of rotatable bonds is 5. The summed E-state index contributed by atoms with van der Waals surface area (Å²) in [5.74, 6) is 1.36. The first-order valence-corrected chi connectivity index (χ1v) is 6.98. The summed E-state index contributed by atoms with van der Waals surface area (Å²) in [5.41, 5.74) is 3.60. The molecule has 0 amide bonds. The van der Waals surface area contributed by atoms with Crippen molar-refractivity contribution >= 4 is 0 Å². The molecular weight excluding hydrogens is 266 g/mol. The average Bonchev–Trinajstić information content (AvgIpc) is 2.52. The average molecular weight is 285 g/mol. The molecule has 1 aliphatic rings. The van der Waals surface area contributed by atoms with Gasteiger partial charge in [-0.15, -0.1) is 0 Å². The Morgan fingerprint density at radius 3 is 2.71 bits per heavy atom. The smallest absolute Gasteiger partial charge is 0.240 e. The Morgan fingerprint density at radius 2 is 2.05 bits per heavy atom. The molecule has 0 aliphatic heterocycles. The molecule has 1 aliphatic carbocycles. The maximum atomic E-state index is 5.38. The minimum Gasteiger partial charge on any atom is -0.480 e. The second-order valence-electron chi connectivity index (χ2n) is 5.08. The number of nitrogens with zero attached hydrogens (tertiary/aromatic N) is 2. The van der Waals surface area contributed by atoms with E-state index in [1.165, 1.54) is 11.1 Å². The van der Waals surface area contributed by atoms with Crippen LogP contribution in [0.2, 0.25) is 0 Å². The number of hydrogen-bond donors (Lipinski definition) is 1. The third-order valence-electron chi connectivity index (χ3n) is 4.05. The standard InChI is InChI=1S/C16H19N3O2/c1-17-14(12-8-10-6-4-5-7-11(10)12)15-16(21-3)19-13(20-2)9-18-15/h4-7,9,12,14,17H,8H2,1-3H3. The van der Waals surface area contributed by atoms with Gasteiger partial charge < -0.3 is 14.8 Å². The third-order valence-corrected chi connectivity index (χ3v) is 4.05. The molecule has 0 bridgehead atoms. The van der Waals surface area contributed by atoms with E-state index in [9.17, 15) is 0 Å². The van der Waals surface area contributed by atoms with Crippen molar-refractivity contribution in [2.24, 2.45) is 0 Å². The minimum atomic E-state index is 0.0771.